The van der Waals surface area contributed by atoms with Gasteiger partial charge in [-0.1, -0.05) is 24.3 Å². The monoisotopic (exact) mass is 546 g/mol. The van der Waals surface area contributed by atoms with Gasteiger partial charge in [0.2, 0.25) is 0 Å². The highest BCUT2D eigenvalue weighted by molar-refractivity contribution is 8.18. The summed E-state index contributed by atoms with van der Waals surface area (Å²) >= 11 is 1.22. The van der Waals surface area contributed by atoms with Gasteiger partial charge < -0.3 is 19.7 Å². The lowest BCUT2D eigenvalue weighted by Gasteiger charge is -2.13. The van der Waals surface area contributed by atoms with E-state index in [2.05, 4.69) is 4.99 Å². The maximum absolute atomic E-state index is 13.1. The molecule has 0 atom stereocenters. The van der Waals surface area contributed by atoms with E-state index in [1.165, 1.54) is 36.0 Å². The molecular weight excluding hydrogens is 520 g/mol. The van der Waals surface area contributed by atoms with E-state index >= 15 is 0 Å². The molecule has 1 fully saturated rings. The zero-order valence-corrected chi connectivity index (χ0v) is 22.1. The van der Waals surface area contributed by atoms with Crippen LogP contribution in [-0.2, 0) is 11.4 Å². The molecule has 0 bridgehead atoms. The van der Waals surface area contributed by atoms with Gasteiger partial charge in [-0.25, -0.2) is 14.6 Å². The van der Waals surface area contributed by atoms with E-state index in [4.69, 9.17) is 14.6 Å². The number of hydrogen-bond acceptors (Lipinski definition) is 7. The lowest BCUT2D eigenvalue weighted by Crippen LogP contribution is -2.28. The summed E-state index contributed by atoms with van der Waals surface area (Å²) in [6, 6.07) is 18.1. The predicted molar refractivity (Wildman–Crippen MR) is 149 cm³/mol. The molecule has 1 amide bonds. The van der Waals surface area contributed by atoms with Gasteiger partial charge in [0.15, 0.2) is 16.7 Å². The van der Waals surface area contributed by atoms with Gasteiger partial charge in [0.05, 0.1) is 28.3 Å². The van der Waals surface area contributed by atoms with Crippen LogP contribution in [0.1, 0.15) is 45.7 Å². The van der Waals surface area contributed by atoms with Crippen LogP contribution in [-0.4, -0.2) is 51.3 Å². The lowest BCUT2D eigenvalue weighted by atomic mass is 10.1. The van der Waals surface area contributed by atoms with Gasteiger partial charge in [-0.05, 0) is 85.3 Å². The van der Waals surface area contributed by atoms with E-state index in [0.717, 1.165) is 11.1 Å². The quantitative estimate of drug-likeness (QED) is 0.311. The van der Waals surface area contributed by atoms with Gasteiger partial charge in [0, 0.05) is 6.54 Å². The van der Waals surface area contributed by atoms with Crippen LogP contribution in [0.2, 0.25) is 0 Å². The molecule has 3 aromatic carbocycles. The Balaban J connectivity index is 1.55. The van der Waals surface area contributed by atoms with Crippen LogP contribution < -0.4 is 9.47 Å². The highest BCUT2D eigenvalue weighted by atomic mass is 32.2. The van der Waals surface area contributed by atoms with Crippen LogP contribution in [0.3, 0.4) is 0 Å². The molecular formula is C29H26N2O7S. The first-order valence-electron chi connectivity index (χ1n) is 12.1. The van der Waals surface area contributed by atoms with Crippen molar-refractivity contribution in [3.8, 4) is 11.5 Å². The number of benzene rings is 3. The second-order valence-corrected chi connectivity index (χ2v) is 9.35. The average molecular weight is 547 g/mol. The minimum atomic E-state index is -1.05. The van der Waals surface area contributed by atoms with Crippen LogP contribution in [0.4, 0.5) is 5.69 Å². The number of carbonyl (C=O) groups excluding carboxylic acids is 1. The average Bonchev–Trinajstić information content (AvgIpc) is 3.21. The van der Waals surface area contributed by atoms with Gasteiger partial charge in [-0.2, -0.15) is 0 Å². The fourth-order valence-electron chi connectivity index (χ4n) is 3.75. The molecule has 1 aliphatic heterocycles. The van der Waals surface area contributed by atoms with Crippen molar-refractivity contribution in [2.45, 2.75) is 20.5 Å². The molecule has 0 radical (unpaired) electrons. The first-order chi connectivity index (χ1) is 18.8. The topological polar surface area (TPSA) is 126 Å². The minimum absolute atomic E-state index is 0.119. The van der Waals surface area contributed by atoms with Gasteiger partial charge in [-0.3, -0.25) is 9.69 Å². The molecule has 1 heterocycles. The Bertz CT molecular complexity index is 1460. The molecule has 0 aromatic heterocycles. The van der Waals surface area contributed by atoms with Crippen molar-refractivity contribution in [1.29, 1.82) is 0 Å². The number of nitrogens with zero attached hydrogens (tertiary/aromatic N) is 2. The van der Waals surface area contributed by atoms with Crippen molar-refractivity contribution in [2.75, 3.05) is 13.2 Å². The standard InChI is InChI=1S/C29H26N2O7S/c1-3-31-26(32)25(39-29(31)30-22-7-5-6-21(16-22)28(35)36)15-19-10-13-23(24(14-19)37-4-2)38-17-18-8-11-20(12-9-18)27(33)34/h5-16H,3-4,17H2,1-2H3,(H,33,34)(H,35,36). The van der Waals surface area contributed by atoms with Crippen molar-refractivity contribution in [1.82, 2.24) is 4.90 Å². The smallest absolute Gasteiger partial charge is 0.335 e. The summed E-state index contributed by atoms with van der Waals surface area (Å²) in [6.45, 7) is 4.75. The molecule has 39 heavy (non-hydrogen) atoms. The Hall–Kier alpha value is -4.57. The SMILES string of the molecule is CCOc1cc(C=C2SC(=Nc3cccc(C(=O)O)c3)N(CC)C2=O)ccc1OCc1ccc(C(=O)O)cc1. The fraction of sp³-hybridized carbons (Fsp3) is 0.172. The number of thioether (sulfide) groups is 1. The zero-order valence-electron chi connectivity index (χ0n) is 21.3. The second kappa shape index (κ2) is 12.3. The number of ether oxygens (including phenoxy) is 2. The van der Waals surface area contributed by atoms with E-state index in [1.807, 2.05) is 19.9 Å². The van der Waals surface area contributed by atoms with E-state index in [0.29, 0.717) is 40.4 Å². The van der Waals surface area contributed by atoms with Crippen molar-refractivity contribution in [3.63, 3.8) is 0 Å². The molecule has 0 unspecified atom stereocenters. The summed E-state index contributed by atoms with van der Waals surface area (Å²) in [6.07, 6.45) is 1.75. The molecule has 0 saturated carbocycles. The van der Waals surface area contributed by atoms with Crippen molar-refractivity contribution < 1.29 is 34.1 Å². The Morgan fingerprint density at radius 2 is 1.67 bits per heavy atom. The van der Waals surface area contributed by atoms with Gasteiger partial charge >= 0.3 is 11.9 Å². The van der Waals surface area contributed by atoms with Crippen LogP contribution in [0, 0.1) is 0 Å². The second-order valence-electron chi connectivity index (χ2n) is 8.34. The number of likely N-dealkylation sites (N-methyl/N-ethyl adjacent to an activating group) is 1. The fourth-order valence-corrected chi connectivity index (χ4v) is 4.81. The molecule has 0 aliphatic carbocycles. The van der Waals surface area contributed by atoms with E-state index < -0.39 is 11.9 Å². The molecule has 2 N–H and O–H groups in total. The van der Waals surface area contributed by atoms with Crippen LogP contribution in [0.5, 0.6) is 11.5 Å². The Labute approximate surface area is 229 Å². The summed E-state index contributed by atoms with van der Waals surface area (Å²) in [5.74, 6) is -1.20. The summed E-state index contributed by atoms with van der Waals surface area (Å²) < 4.78 is 11.7. The largest absolute Gasteiger partial charge is 0.490 e. The van der Waals surface area contributed by atoms with Crippen molar-refractivity contribution in [2.24, 2.45) is 4.99 Å². The maximum atomic E-state index is 13.1. The molecule has 200 valence electrons. The Kier molecular flexibility index (Phi) is 8.67. The molecule has 9 nitrogen and oxygen atoms in total. The van der Waals surface area contributed by atoms with E-state index in [1.54, 1.807) is 47.4 Å². The third-order valence-corrected chi connectivity index (χ3v) is 6.69. The normalized spacial score (nSPS) is 15.1. The Morgan fingerprint density at radius 3 is 2.33 bits per heavy atom. The van der Waals surface area contributed by atoms with Crippen LogP contribution in [0.15, 0.2) is 76.6 Å². The number of amides is 1. The predicted octanol–water partition coefficient (Wildman–Crippen LogP) is 5.68. The number of aromatic carboxylic acids is 2. The van der Waals surface area contributed by atoms with E-state index in [-0.39, 0.29) is 23.6 Å². The lowest BCUT2D eigenvalue weighted by molar-refractivity contribution is -0.122. The molecule has 3 aromatic rings. The highest BCUT2D eigenvalue weighted by Gasteiger charge is 2.32. The van der Waals surface area contributed by atoms with Crippen molar-refractivity contribution in [3.05, 3.63) is 93.9 Å². The number of amidine groups is 1. The Morgan fingerprint density at radius 1 is 0.923 bits per heavy atom. The summed E-state index contributed by atoms with van der Waals surface area (Å²) in [7, 11) is 0. The highest BCUT2D eigenvalue weighted by Crippen LogP contribution is 2.36. The molecule has 1 saturated heterocycles. The third-order valence-electron chi connectivity index (χ3n) is 5.68. The van der Waals surface area contributed by atoms with Crippen LogP contribution in [0.25, 0.3) is 6.08 Å². The number of hydrogen-bond donors (Lipinski definition) is 2. The summed E-state index contributed by atoms with van der Waals surface area (Å²) in [5, 5.41) is 18.8. The number of carboxylic acids is 2. The van der Waals surface area contributed by atoms with Gasteiger partial charge in [-0.15, -0.1) is 0 Å². The number of rotatable bonds is 10. The maximum Gasteiger partial charge on any atom is 0.335 e. The molecule has 10 heteroatoms. The first kappa shape index (κ1) is 27.5. The summed E-state index contributed by atoms with van der Waals surface area (Å²) in [5.41, 5.74) is 2.31. The third kappa shape index (κ3) is 6.66. The molecule has 0 spiro atoms. The first-order valence-corrected chi connectivity index (χ1v) is 13.0. The molecule has 4 rings (SSSR count). The number of carbonyl (C=O) groups is 3. The number of carboxylic acid groups (broad SMARTS) is 2. The van der Waals surface area contributed by atoms with Gasteiger partial charge in [0.25, 0.3) is 5.91 Å². The number of aliphatic imine (C=N–C) groups is 1. The zero-order chi connectivity index (χ0) is 27.9. The van der Waals surface area contributed by atoms with Crippen molar-refractivity contribution >= 4 is 46.5 Å². The van der Waals surface area contributed by atoms with Gasteiger partial charge in [0.1, 0.15) is 6.61 Å². The molecule has 1 aliphatic rings. The minimum Gasteiger partial charge on any atom is -0.490 e. The summed E-state index contributed by atoms with van der Waals surface area (Å²) in [4.78, 5) is 42.0. The van der Waals surface area contributed by atoms with E-state index in [9.17, 15) is 19.5 Å². The van der Waals surface area contributed by atoms with Crippen LogP contribution >= 0.6 is 11.8 Å².